The minimum Gasteiger partial charge on any atom is -0.293 e. The third-order valence-electron chi connectivity index (χ3n) is 4.06. The number of halogens is 1. The predicted molar refractivity (Wildman–Crippen MR) is 90.8 cm³/mol. The molecule has 0 unspecified atom stereocenters. The van der Waals surface area contributed by atoms with Gasteiger partial charge in [0.25, 0.3) is 0 Å². The number of carbonyl (C=O) groups is 1. The molecule has 4 nitrogen and oxygen atoms in total. The van der Waals surface area contributed by atoms with Crippen molar-refractivity contribution in [1.82, 2.24) is 4.72 Å². The van der Waals surface area contributed by atoms with Gasteiger partial charge in [-0.3, -0.25) is 4.79 Å². The molecule has 1 saturated carbocycles. The number of rotatable bonds is 6. The van der Waals surface area contributed by atoms with E-state index < -0.39 is 33.4 Å². The van der Waals surface area contributed by atoms with Crippen molar-refractivity contribution in [3.8, 4) is 11.1 Å². The number of Topliss-reactive ketones (excluding diaryl/α,β-unsaturated/α-hetero) is 1. The van der Waals surface area contributed by atoms with Crippen LogP contribution in [0.2, 0.25) is 0 Å². The summed E-state index contributed by atoms with van der Waals surface area (Å²) in [6.45, 7) is 1.17. The number of carbonyl (C=O) groups excluding carboxylic acids is 1. The average Bonchev–Trinajstić information content (AvgIpc) is 3.41. The van der Waals surface area contributed by atoms with E-state index in [-0.39, 0.29) is 5.56 Å². The molecule has 6 heteroatoms. The van der Waals surface area contributed by atoms with Crippen LogP contribution in [0.1, 0.15) is 28.8 Å². The number of hydrogen-bond acceptors (Lipinski definition) is 3. The molecule has 3 rings (SSSR count). The van der Waals surface area contributed by atoms with Gasteiger partial charge in [0.05, 0.1) is 17.4 Å². The standard InChI is InChI=1S/C18H18FNO3S/c1-12-9-14(13-5-3-2-4-6-13)10-16(18(12)19)17(21)11-20-24(22,23)15-7-8-15/h2-6,9-10,15,20H,7-8,11H2,1H3. The maximum Gasteiger partial charge on any atom is 0.214 e. The lowest BCUT2D eigenvalue weighted by molar-refractivity contribution is 0.0993. The molecule has 0 heterocycles. The van der Waals surface area contributed by atoms with Crippen LogP contribution >= 0.6 is 0 Å². The molecule has 0 aromatic heterocycles. The highest BCUT2D eigenvalue weighted by atomic mass is 32.2. The number of ketones is 1. The van der Waals surface area contributed by atoms with Gasteiger partial charge >= 0.3 is 0 Å². The van der Waals surface area contributed by atoms with E-state index in [9.17, 15) is 17.6 Å². The van der Waals surface area contributed by atoms with Crippen molar-refractivity contribution in [2.75, 3.05) is 6.54 Å². The molecule has 1 fully saturated rings. The molecule has 0 amide bonds. The van der Waals surface area contributed by atoms with Crippen LogP contribution < -0.4 is 4.72 Å². The Morgan fingerprint density at radius 2 is 1.83 bits per heavy atom. The molecule has 1 aliphatic rings. The normalized spacial score (nSPS) is 14.6. The lowest BCUT2D eigenvalue weighted by Gasteiger charge is -2.10. The van der Waals surface area contributed by atoms with E-state index in [1.165, 1.54) is 6.07 Å². The third-order valence-corrected chi connectivity index (χ3v) is 5.95. The summed E-state index contributed by atoms with van der Waals surface area (Å²) in [6, 6.07) is 12.5. The highest BCUT2D eigenvalue weighted by Crippen LogP contribution is 2.28. The van der Waals surface area contributed by atoms with Crippen LogP contribution in [0.5, 0.6) is 0 Å². The number of hydrogen-bond donors (Lipinski definition) is 1. The molecule has 24 heavy (non-hydrogen) atoms. The first-order valence-corrected chi connectivity index (χ1v) is 9.30. The first-order valence-electron chi connectivity index (χ1n) is 7.76. The fraction of sp³-hybridized carbons (Fsp3) is 0.278. The van der Waals surface area contributed by atoms with Gasteiger partial charge in [-0.1, -0.05) is 30.3 Å². The summed E-state index contributed by atoms with van der Waals surface area (Å²) < 4.78 is 40.2. The molecule has 2 aromatic rings. The average molecular weight is 347 g/mol. The molecule has 0 aliphatic heterocycles. The van der Waals surface area contributed by atoms with Gasteiger partial charge < -0.3 is 0 Å². The summed E-state index contributed by atoms with van der Waals surface area (Å²) in [5.41, 5.74) is 1.85. The third kappa shape index (κ3) is 3.55. The van der Waals surface area contributed by atoms with Gasteiger partial charge in [0.15, 0.2) is 5.78 Å². The van der Waals surface area contributed by atoms with Crippen molar-refractivity contribution in [3.63, 3.8) is 0 Å². The molecular formula is C18H18FNO3S. The first kappa shape index (κ1) is 16.8. The van der Waals surface area contributed by atoms with Gasteiger partial charge in [0.1, 0.15) is 5.82 Å². The van der Waals surface area contributed by atoms with Crippen molar-refractivity contribution in [2.24, 2.45) is 0 Å². The zero-order chi connectivity index (χ0) is 17.3. The van der Waals surface area contributed by atoms with Crippen molar-refractivity contribution in [1.29, 1.82) is 0 Å². The quantitative estimate of drug-likeness (QED) is 0.817. The molecule has 1 aliphatic carbocycles. The lowest BCUT2D eigenvalue weighted by Crippen LogP contribution is -2.32. The molecule has 0 spiro atoms. The van der Waals surface area contributed by atoms with Crippen molar-refractivity contribution >= 4 is 15.8 Å². The largest absolute Gasteiger partial charge is 0.293 e. The molecule has 0 saturated heterocycles. The van der Waals surface area contributed by atoms with Crippen LogP contribution in [0.25, 0.3) is 11.1 Å². The topological polar surface area (TPSA) is 63.2 Å². The van der Waals surface area contributed by atoms with E-state index in [4.69, 9.17) is 0 Å². The molecular weight excluding hydrogens is 329 g/mol. The van der Waals surface area contributed by atoms with Gasteiger partial charge in [-0.25, -0.2) is 17.5 Å². The Kier molecular flexibility index (Phi) is 4.51. The van der Waals surface area contributed by atoms with Gasteiger partial charge in [-0.2, -0.15) is 0 Å². The van der Waals surface area contributed by atoms with Crippen LogP contribution in [0.3, 0.4) is 0 Å². The van der Waals surface area contributed by atoms with Crippen LogP contribution in [-0.4, -0.2) is 26.0 Å². The van der Waals surface area contributed by atoms with E-state index in [0.717, 1.165) is 11.1 Å². The summed E-state index contributed by atoms with van der Waals surface area (Å²) in [7, 11) is -3.47. The van der Waals surface area contributed by atoms with Gasteiger partial charge in [0.2, 0.25) is 10.0 Å². The van der Waals surface area contributed by atoms with Crippen molar-refractivity contribution in [3.05, 3.63) is 59.4 Å². The SMILES string of the molecule is Cc1cc(-c2ccccc2)cc(C(=O)CNS(=O)(=O)C2CC2)c1F. The summed E-state index contributed by atoms with van der Waals surface area (Å²) in [5, 5.41) is -0.410. The second kappa shape index (κ2) is 6.45. The smallest absolute Gasteiger partial charge is 0.214 e. The monoisotopic (exact) mass is 347 g/mol. The summed E-state index contributed by atoms with van der Waals surface area (Å²) >= 11 is 0. The second-order valence-corrected chi connectivity index (χ2v) is 8.05. The Morgan fingerprint density at radius 3 is 2.46 bits per heavy atom. The minimum atomic E-state index is -3.47. The summed E-state index contributed by atoms with van der Waals surface area (Å²) in [4.78, 5) is 12.3. The Hall–Kier alpha value is -2.05. The van der Waals surface area contributed by atoms with Crippen molar-refractivity contribution < 1.29 is 17.6 Å². The van der Waals surface area contributed by atoms with Crippen LogP contribution in [0.4, 0.5) is 4.39 Å². The molecule has 0 bridgehead atoms. The predicted octanol–water partition coefficient (Wildman–Crippen LogP) is 3.07. The first-order chi connectivity index (χ1) is 11.4. The molecule has 1 N–H and O–H groups in total. The van der Waals surface area contributed by atoms with E-state index in [2.05, 4.69) is 4.72 Å². The van der Waals surface area contributed by atoms with E-state index >= 15 is 0 Å². The zero-order valence-corrected chi connectivity index (χ0v) is 14.1. The number of aryl methyl sites for hydroxylation is 1. The number of benzene rings is 2. The Morgan fingerprint density at radius 1 is 1.17 bits per heavy atom. The molecule has 0 atom stereocenters. The van der Waals surface area contributed by atoms with Crippen LogP contribution in [0.15, 0.2) is 42.5 Å². The van der Waals surface area contributed by atoms with E-state index in [0.29, 0.717) is 18.4 Å². The minimum absolute atomic E-state index is 0.0904. The summed E-state index contributed by atoms with van der Waals surface area (Å²) in [6.07, 6.45) is 1.22. The van der Waals surface area contributed by atoms with Crippen molar-refractivity contribution in [2.45, 2.75) is 25.0 Å². The Labute approximate surface area is 140 Å². The molecule has 2 aromatic carbocycles. The second-order valence-electron chi connectivity index (χ2n) is 6.01. The Balaban J connectivity index is 1.86. The highest BCUT2D eigenvalue weighted by Gasteiger charge is 2.35. The fourth-order valence-corrected chi connectivity index (χ4v) is 3.85. The summed E-state index contributed by atoms with van der Waals surface area (Å²) in [5.74, 6) is -1.18. The maximum atomic E-state index is 14.3. The van der Waals surface area contributed by atoms with Gasteiger partial charge in [0, 0.05) is 0 Å². The van der Waals surface area contributed by atoms with Gasteiger partial charge in [-0.15, -0.1) is 0 Å². The number of nitrogens with one attached hydrogen (secondary N) is 1. The molecule has 0 radical (unpaired) electrons. The Bertz CT molecular complexity index is 875. The van der Waals surface area contributed by atoms with Gasteiger partial charge in [-0.05, 0) is 48.6 Å². The zero-order valence-electron chi connectivity index (χ0n) is 13.3. The van der Waals surface area contributed by atoms with E-state index in [1.54, 1.807) is 13.0 Å². The number of sulfonamides is 1. The lowest BCUT2D eigenvalue weighted by atomic mass is 9.98. The highest BCUT2D eigenvalue weighted by molar-refractivity contribution is 7.90. The fourth-order valence-electron chi connectivity index (χ4n) is 2.53. The van der Waals surface area contributed by atoms with Crippen LogP contribution in [0, 0.1) is 12.7 Å². The molecule has 126 valence electrons. The van der Waals surface area contributed by atoms with E-state index in [1.807, 2.05) is 30.3 Å². The van der Waals surface area contributed by atoms with Crippen LogP contribution in [-0.2, 0) is 10.0 Å². The maximum absolute atomic E-state index is 14.3.